The molecule has 0 N–H and O–H groups in total. The average Bonchev–Trinajstić information content (AvgIpc) is 2.20. The highest BCUT2D eigenvalue weighted by Crippen LogP contribution is 2.20. The van der Waals surface area contributed by atoms with Gasteiger partial charge in [0.25, 0.3) is 0 Å². The molecule has 1 heterocycles. The van der Waals surface area contributed by atoms with Gasteiger partial charge in [-0.15, -0.1) is 0 Å². The minimum atomic E-state index is 0.698. The smallest absolute Gasteiger partial charge is 0.227 e. The number of ether oxygens (including phenoxy) is 1. The molecule has 0 saturated carbocycles. The molecule has 0 spiro atoms. The number of rotatable bonds is 6. The van der Waals surface area contributed by atoms with Crippen molar-refractivity contribution < 1.29 is 4.74 Å². The fourth-order valence-electron chi connectivity index (χ4n) is 1.18. The lowest BCUT2D eigenvalue weighted by atomic mass is 10.2. The van der Waals surface area contributed by atoms with Gasteiger partial charge in [0.05, 0.1) is 11.1 Å². The van der Waals surface area contributed by atoms with Gasteiger partial charge in [-0.3, -0.25) is 0 Å². The summed E-state index contributed by atoms with van der Waals surface area (Å²) in [5.74, 6) is 0.698. The molecule has 2 nitrogen and oxygen atoms in total. The second kappa shape index (κ2) is 6.82. The molecule has 0 radical (unpaired) electrons. The van der Waals surface area contributed by atoms with Gasteiger partial charge in [0.15, 0.2) is 0 Å². The van der Waals surface area contributed by atoms with Crippen molar-refractivity contribution >= 4 is 15.9 Å². The number of unbranched alkanes of at least 4 members (excludes halogenated alkanes) is 3. The second-order valence-corrected chi connectivity index (χ2v) is 4.05. The lowest BCUT2D eigenvalue weighted by Gasteiger charge is -2.05. The average molecular weight is 258 g/mol. The summed E-state index contributed by atoms with van der Waals surface area (Å²) in [4.78, 5) is 4.13. The maximum absolute atomic E-state index is 5.53. The molecule has 0 aromatic carbocycles. The summed E-state index contributed by atoms with van der Waals surface area (Å²) in [5, 5.41) is 0. The first-order valence-electron chi connectivity index (χ1n) is 5.08. The quantitative estimate of drug-likeness (QED) is 0.724. The zero-order valence-electron chi connectivity index (χ0n) is 8.50. The number of aromatic nitrogens is 1. The van der Waals surface area contributed by atoms with Gasteiger partial charge < -0.3 is 4.74 Å². The van der Waals surface area contributed by atoms with Crippen LogP contribution in [0.15, 0.2) is 22.8 Å². The van der Waals surface area contributed by atoms with Crippen molar-refractivity contribution in [3.63, 3.8) is 0 Å². The van der Waals surface area contributed by atoms with E-state index in [0.717, 1.165) is 17.5 Å². The molecule has 0 unspecified atom stereocenters. The predicted molar refractivity (Wildman–Crippen MR) is 61.6 cm³/mol. The number of nitrogens with zero attached hydrogens (tertiary/aromatic N) is 1. The van der Waals surface area contributed by atoms with Crippen LogP contribution in [0.4, 0.5) is 0 Å². The Labute approximate surface area is 93.8 Å². The molecular formula is C11H16BrNO. The third-order valence-corrected chi connectivity index (χ3v) is 2.56. The molecule has 0 aliphatic rings. The summed E-state index contributed by atoms with van der Waals surface area (Å²) in [6, 6.07) is 3.82. The van der Waals surface area contributed by atoms with E-state index in [-0.39, 0.29) is 0 Å². The molecule has 0 atom stereocenters. The van der Waals surface area contributed by atoms with E-state index in [1.807, 2.05) is 12.1 Å². The topological polar surface area (TPSA) is 22.1 Å². The van der Waals surface area contributed by atoms with Crippen LogP contribution in [0.25, 0.3) is 0 Å². The van der Waals surface area contributed by atoms with Crippen molar-refractivity contribution in [1.29, 1.82) is 0 Å². The highest BCUT2D eigenvalue weighted by atomic mass is 79.9. The van der Waals surface area contributed by atoms with Crippen molar-refractivity contribution in [3.05, 3.63) is 22.8 Å². The Kier molecular flexibility index (Phi) is 5.60. The number of hydrogen-bond donors (Lipinski definition) is 0. The Morgan fingerprint density at radius 1 is 1.36 bits per heavy atom. The summed E-state index contributed by atoms with van der Waals surface area (Å²) in [5.41, 5.74) is 0. The lowest BCUT2D eigenvalue weighted by molar-refractivity contribution is 0.292. The van der Waals surface area contributed by atoms with Crippen LogP contribution in [0.1, 0.15) is 32.6 Å². The van der Waals surface area contributed by atoms with Crippen LogP contribution < -0.4 is 4.74 Å². The number of pyridine rings is 1. The summed E-state index contributed by atoms with van der Waals surface area (Å²) < 4.78 is 6.45. The minimum Gasteiger partial charge on any atom is -0.477 e. The fraction of sp³-hybridized carbons (Fsp3) is 0.545. The molecule has 0 amide bonds. The number of halogens is 1. The van der Waals surface area contributed by atoms with Gasteiger partial charge in [0.1, 0.15) is 0 Å². The molecule has 1 rings (SSSR count). The molecule has 78 valence electrons. The third kappa shape index (κ3) is 4.09. The van der Waals surface area contributed by atoms with Crippen molar-refractivity contribution in [2.24, 2.45) is 0 Å². The van der Waals surface area contributed by atoms with Gasteiger partial charge in [-0.25, -0.2) is 4.98 Å². The first kappa shape index (κ1) is 11.5. The van der Waals surface area contributed by atoms with Crippen LogP contribution in [-0.4, -0.2) is 11.6 Å². The standard InChI is InChI=1S/C11H16BrNO/c1-2-3-4-5-9-14-11-10(12)7-6-8-13-11/h6-8H,2-5,9H2,1H3. The van der Waals surface area contributed by atoms with Gasteiger partial charge >= 0.3 is 0 Å². The Bertz CT molecular complexity index is 265. The third-order valence-electron chi connectivity index (χ3n) is 1.96. The molecule has 0 bridgehead atoms. The van der Waals surface area contributed by atoms with Crippen molar-refractivity contribution in [2.75, 3.05) is 6.61 Å². The Morgan fingerprint density at radius 3 is 2.93 bits per heavy atom. The molecule has 3 heteroatoms. The van der Waals surface area contributed by atoms with Crippen LogP contribution in [-0.2, 0) is 0 Å². The largest absolute Gasteiger partial charge is 0.477 e. The van der Waals surface area contributed by atoms with E-state index in [4.69, 9.17) is 4.74 Å². The van der Waals surface area contributed by atoms with E-state index in [0.29, 0.717) is 5.88 Å². The Morgan fingerprint density at radius 2 is 2.21 bits per heavy atom. The first-order valence-corrected chi connectivity index (χ1v) is 5.87. The van der Waals surface area contributed by atoms with Crippen molar-refractivity contribution in [2.45, 2.75) is 32.6 Å². The molecule has 0 fully saturated rings. The zero-order valence-corrected chi connectivity index (χ0v) is 10.1. The summed E-state index contributed by atoms with van der Waals surface area (Å²) in [7, 11) is 0. The first-order chi connectivity index (χ1) is 6.84. The molecular weight excluding hydrogens is 242 g/mol. The Hall–Kier alpha value is -0.570. The van der Waals surface area contributed by atoms with Crippen molar-refractivity contribution in [3.8, 4) is 5.88 Å². The fourth-order valence-corrected chi connectivity index (χ4v) is 1.54. The summed E-state index contributed by atoms with van der Waals surface area (Å²) in [6.45, 7) is 2.96. The summed E-state index contributed by atoms with van der Waals surface area (Å²) >= 11 is 3.39. The van der Waals surface area contributed by atoms with E-state index in [1.165, 1.54) is 19.3 Å². The molecule has 0 aliphatic carbocycles. The van der Waals surface area contributed by atoms with E-state index < -0.39 is 0 Å². The highest BCUT2D eigenvalue weighted by molar-refractivity contribution is 9.10. The minimum absolute atomic E-state index is 0.698. The SMILES string of the molecule is CCCCCCOc1ncccc1Br. The molecule has 14 heavy (non-hydrogen) atoms. The Balaban J connectivity index is 2.21. The lowest BCUT2D eigenvalue weighted by Crippen LogP contribution is -1.99. The van der Waals surface area contributed by atoms with Crippen LogP contribution in [0.3, 0.4) is 0 Å². The van der Waals surface area contributed by atoms with E-state index in [1.54, 1.807) is 6.20 Å². The van der Waals surface area contributed by atoms with Crippen LogP contribution >= 0.6 is 15.9 Å². The molecule has 1 aromatic rings. The van der Waals surface area contributed by atoms with Gasteiger partial charge in [-0.1, -0.05) is 26.2 Å². The van der Waals surface area contributed by atoms with Gasteiger partial charge in [0.2, 0.25) is 5.88 Å². The number of hydrogen-bond acceptors (Lipinski definition) is 2. The zero-order chi connectivity index (χ0) is 10.2. The van der Waals surface area contributed by atoms with Gasteiger partial charge in [0, 0.05) is 6.20 Å². The molecule has 0 saturated heterocycles. The van der Waals surface area contributed by atoms with Crippen LogP contribution in [0.2, 0.25) is 0 Å². The van der Waals surface area contributed by atoms with Crippen LogP contribution in [0.5, 0.6) is 5.88 Å². The maximum Gasteiger partial charge on any atom is 0.227 e. The van der Waals surface area contributed by atoms with Crippen molar-refractivity contribution in [1.82, 2.24) is 4.98 Å². The van der Waals surface area contributed by atoms with E-state index >= 15 is 0 Å². The highest BCUT2D eigenvalue weighted by Gasteiger charge is 1.99. The molecule has 1 aromatic heterocycles. The summed E-state index contributed by atoms with van der Waals surface area (Å²) in [6.07, 6.45) is 6.63. The normalized spacial score (nSPS) is 10.1. The monoisotopic (exact) mass is 257 g/mol. The van der Waals surface area contributed by atoms with Gasteiger partial charge in [-0.05, 0) is 34.5 Å². The predicted octanol–water partition coefficient (Wildman–Crippen LogP) is 3.80. The van der Waals surface area contributed by atoms with Crippen LogP contribution in [0, 0.1) is 0 Å². The van der Waals surface area contributed by atoms with E-state index in [2.05, 4.69) is 27.8 Å². The van der Waals surface area contributed by atoms with Gasteiger partial charge in [-0.2, -0.15) is 0 Å². The second-order valence-electron chi connectivity index (χ2n) is 3.20. The van der Waals surface area contributed by atoms with E-state index in [9.17, 15) is 0 Å². The maximum atomic E-state index is 5.53. The molecule has 0 aliphatic heterocycles.